The Bertz CT molecular complexity index is 538. The van der Waals surface area contributed by atoms with Gasteiger partial charge in [-0.25, -0.2) is 4.98 Å². The monoisotopic (exact) mass is 258 g/mol. The van der Waals surface area contributed by atoms with E-state index in [1.165, 1.54) is 0 Å². The van der Waals surface area contributed by atoms with Crippen molar-refractivity contribution in [1.29, 1.82) is 0 Å². The lowest BCUT2D eigenvalue weighted by molar-refractivity contribution is 0.465. The third-order valence-corrected chi connectivity index (χ3v) is 3.48. The smallest absolute Gasteiger partial charge is 0.147 e. The van der Waals surface area contributed by atoms with Crippen molar-refractivity contribution < 1.29 is 0 Å². The minimum absolute atomic E-state index is 0.232. The van der Waals surface area contributed by atoms with Crippen molar-refractivity contribution in [3.05, 3.63) is 30.5 Å². The molecule has 4 nitrogen and oxygen atoms in total. The molecule has 2 N–H and O–H groups in total. The summed E-state index contributed by atoms with van der Waals surface area (Å²) < 4.78 is 0. The number of hydrogen-bond acceptors (Lipinski definition) is 4. The largest absolute Gasteiger partial charge is 0.358 e. The van der Waals surface area contributed by atoms with E-state index < -0.39 is 0 Å². The lowest BCUT2D eigenvalue weighted by atomic mass is 10.0. The highest BCUT2D eigenvalue weighted by atomic mass is 15.2. The van der Waals surface area contributed by atoms with Gasteiger partial charge in [-0.1, -0.05) is 26.0 Å². The number of nitrogens with two attached hydrogens (primary N) is 1. The van der Waals surface area contributed by atoms with Crippen molar-refractivity contribution in [2.24, 2.45) is 11.7 Å². The van der Waals surface area contributed by atoms with Gasteiger partial charge in [0.2, 0.25) is 0 Å². The first-order valence-corrected chi connectivity index (χ1v) is 6.76. The Hall–Kier alpha value is -1.68. The lowest BCUT2D eigenvalue weighted by Crippen LogP contribution is -2.32. The highest BCUT2D eigenvalue weighted by Gasteiger charge is 2.10. The zero-order valence-corrected chi connectivity index (χ0v) is 11.9. The Morgan fingerprint density at radius 2 is 1.89 bits per heavy atom. The average Bonchev–Trinajstić information content (AvgIpc) is 2.43. The van der Waals surface area contributed by atoms with Crippen molar-refractivity contribution in [2.75, 3.05) is 18.5 Å². The molecule has 0 aliphatic carbocycles. The van der Waals surface area contributed by atoms with Gasteiger partial charge in [0.1, 0.15) is 5.82 Å². The maximum Gasteiger partial charge on any atom is 0.147 e. The molecule has 1 aromatic heterocycles. The van der Waals surface area contributed by atoms with Crippen molar-refractivity contribution in [1.82, 2.24) is 9.97 Å². The summed E-state index contributed by atoms with van der Waals surface area (Å²) in [5.41, 5.74) is 7.93. The molecule has 1 atom stereocenters. The minimum atomic E-state index is 0.232. The number of fused-ring (bicyclic) bond motifs is 1. The van der Waals surface area contributed by atoms with E-state index in [-0.39, 0.29) is 6.04 Å². The second kappa shape index (κ2) is 5.97. The Morgan fingerprint density at radius 3 is 2.58 bits per heavy atom. The first kappa shape index (κ1) is 13.7. The van der Waals surface area contributed by atoms with Gasteiger partial charge in [-0.15, -0.1) is 0 Å². The Kier molecular flexibility index (Phi) is 4.32. The summed E-state index contributed by atoms with van der Waals surface area (Å²) in [6, 6.07) is 8.15. The number of para-hydroxylation sites is 2. The Labute approximate surface area is 114 Å². The summed E-state index contributed by atoms with van der Waals surface area (Å²) in [7, 11) is 2.03. The van der Waals surface area contributed by atoms with Gasteiger partial charge in [0.15, 0.2) is 0 Å². The predicted octanol–water partition coefficient (Wildman–Crippen LogP) is 2.44. The molecule has 0 bridgehead atoms. The molecule has 19 heavy (non-hydrogen) atoms. The molecule has 0 saturated heterocycles. The van der Waals surface area contributed by atoms with Crippen LogP contribution in [0.2, 0.25) is 0 Å². The molecule has 1 unspecified atom stereocenters. The van der Waals surface area contributed by atoms with Crippen LogP contribution in [0.1, 0.15) is 20.3 Å². The van der Waals surface area contributed by atoms with Gasteiger partial charge in [0.05, 0.1) is 17.2 Å². The topological polar surface area (TPSA) is 55.0 Å². The Morgan fingerprint density at radius 1 is 1.21 bits per heavy atom. The van der Waals surface area contributed by atoms with Crippen LogP contribution in [0.25, 0.3) is 11.0 Å². The van der Waals surface area contributed by atoms with E-state index in [1.54, 1.807) is 0 Å². The van der Waals surface area contributed by atoms with E-state index in [0.717, 1.165) is 29.8 Å². The van der Waals surface area contributed by atoms with Crippen molar-refractivity contribution in [2.45, 2.75) is 26.3 Å². The number of aromatic nitrogens is 2. The van der Waals surface area contributed by atoms with Gasteiger partial charge < -0.3 is 10.6 Å². The van der Waals surface area contributed by atoms with Crippen LogP contribution in [0.3, 0.4) is 0 Å². The van der Waals surface area contributed by atoms with Gasteiger partial charge in [-0.05, 0) is 24.5 Å². The summed E-state index contributed by atoms with van der Waals surface area (Å²) in [6.45, 7) is 5.20. The molecule has 0 spiro atoms. The predicted molar refractivity (Wildman–Crippen MR) is 80.2 cm³/mol. The van der Waals surface area contributed by atoms with Gasteiger partial charge in [0.25, 0.3) is 0 Å². The number of rotatable bonds is 5. The molecule has 102 valence electrons. The molecular weight excluding hydrogens is 236 g/mol. The molecule has 4 heteroatoms. The highest BCUT2D eigenvalue weighted by molar-refractivity contribution is 5.75. The summed E-state index contributed by atoms with van der Waals surface area (Å²) in [5.74, 6) is 1.41. The van der Waals surface area contributed by atoms with Gasteiger partial charge >= 0.3 is 0 Å². The SMILES string of the molecule is CC(C)C(N)CCN(C)c1cnc2ccccc2n1. The molecule has 0 aliphatic rings. The van der Waals surface area contributed by atoms with E-state index in [4.69, 9.17) is 5.73 Å². The minimum Gasteiger partial charge on any atom is -0.358 e. The fourth-order valence-electron chi connectivity index (χ4n) is 1.92. The Balaban J connectivity index is 2.06. The molecule has 1 aromatic carbocycles. The van der Waals surface area contributed by atoms with E-state index >= 15 is 0 Å². The second-order valence-corrected chi connectivity index (χ2v) is 5.34. The lowest BCUT2D eigenvalue weighted by Gasteiger charge is -2.22. The first-order chi connectivity index (χ1) is 9.08. The number of nitrogens with zero attached hydrogens (tertiary/aromatic N) is 3. The van der Waals surface area contributed by atoms with Crippen LogP contribution in [-0.4, -0.2) is 29.6 Å². The molecule has 0 amide bonds. The standard InChI is InChI=1S/C15H22N4/c1-11(2)12(16)8-9-19(3)15-10-17-13-6-4-5-7-14(13)18-15/h4-7,10-12H,8-9,16H2,1-3H3. The van der Waals surface area contributed by atoms with Crippen LogP contribution in [-0.2, 0) is 0 Å². The third-order valence-electron chi connectivity index (χ3n) is 3.48. The summed E-state index contributed by atoms with van der Waals surface area (Å²) >= 11 is 0. The van der Waals surface area contributed by atoms with Gasteiger partial charge in [0, 0.05) is 19.6 Å². The number of benzene rings is 1. The zero-order valence-electron chi connectivity index (χ0n) is 11.9. The van der Waals surface area contributed by atoms with Crippen LogP contribution >= 0.6 is 0 Å². The highest BCUT2D eigenvalue weighted by Crippen LogP contribution is 2.15. The maximum atomic E-state index is 6.07. The normalized spacial score (nSPS) is 12.9. The summed E-state index contributed by atoms with van der Waals surface area (Å²) in [5, 5.41) is 0. The second-order valence-electron chi connectivity index (χ2n) is 5.34. The molecule has 0 aliphatic heterocycles. The molecular formula is C15H22N4. The van der Waals surface area contributed by atoms with E-state index in [0.29, 0.717) is 5.92 Å². The number of hydrogen-bond donors (Lipinski definition) is 1. The van der Waals surface area contributed by atoms with Crippen molar-refractivity contribution >= 4 is 16.9 Å². The van der Waals surface area contributed by atoms with E-state index in [1.807, 2.05) is 37.5 Å². The van der Waals surface area contributed by atoms with Crippen LogP contribution in [0.4, 0.5) is 5.82 Å². The van der Waals surface area contributed by atoms with Crippen molar-refractivity contribution in [3.63, 3.8) is 0 Å². The fourth-order valence-corrected chi connectivity index (χ4v) is 1.92. The van der Waals surface area contributed by atoms with Crippen LogP contribution in [0.15, 0.2) is 30.5 Å². The molecule has 0 radical (unpaired) electrons. The average molecular weight is 258 g/mol. The van der Waals surface area contributed by atoms with Crippen LogP contribution < -0.4 is 10.6 Å². The van der Waals surface area contributed by atoms with E-state index in [9.17, 15) is 0 Å². The molecule has 0 fully saturated rings. The quantitative estimate of drug-likeness (QED) is 0.895. The van der Waals surface area contributed by atoms with Crippen LogP contribution in [0.5, 0.6) is 0 Å². The first-order valence-electron chi connectivity index (χ1n) is 6.76. The fraction of sp³-hybridized carbons (Fsp3) is 0.467. The molecule has 0 saturated carbocycles. The molecule has 2 rings (SSSR count). The van der Waals surface area contributed by atoms with Gasteiger partial charge in [-0.2, -0.15) is 0 Å². The summed E-state index contributed by atoms with van der Waals surface area (Å²) in [6.07, 6.45) is 2.78. The molecule has 2 aromatic rings. The van der Waals surface area contributed by atoms with Gasteiger partial charge in [-0.3, -0.25) is 4.98 Å². The maximum absolute atomic E-state index is 6.07. The summed E-state index contributed by atoms with van der Waals surface area (Å²) in [4.78, 5) is 11.2. The molecule has 1 heterocycles. The van der Waals surface area contributed by atoms with Crippen LogP contribution in [0, 0.1) is 5.92 Å². The third kappa shape index (κ3) is 3.41. The number of anilines is 1. The van der Waals surface area contributed by atoms with Crippen molar-refractivity contribution in [3.8, 4) is 0 Å². The van der Waals surface area contributed by atoms with E-state index in [2.05, 4.69) is 28.7 Å². The zero-order chi connectivity index (χ0) is 13.8.